The van der Waals surface area contributed by atoms with Gasteiger partial charge in [-0.05, 0) is 26.9 Å². The van der Waals surface area contributed by atoms with E-state index in [1.807, 2.05) is 23.9 Å². The van der Waals surface area contributed by atoms with Crippen LogP contribution in [0.1, 0.15) is 32.1 Å². The predicted octanol–water partition coefficient (Wildman–Crippen LogP) is 0.252. The van der Waals surface area contributed by atoms with Gasteiger partial charge in [-0.1, -0.05) is 12.8 Å². The van der Waals surface area contributed by atoms with Crippen LogP contribution in [0.15, 0.2) is 0 Å². The lowest BCUT2D eigenvalue weighted by molar-refractivity contribution is -0.146. The number of carbonyl (C=O) groups is 3. The molecule has 1 heterocycles. The molecule has 0 radical (unpaired) electrons. The van der Waals surface area contributed by atoms with Gasteiger partial charge in [-0.25, -0.2) is 0 Å². The highest BCUT2D eigenvalue weighted by Crippen LogP contribution is 2.30. The van der Waals surface area contributed by atoms with Crippen LogP contribution in [0.3, 0.4) is 0 Å². The largest absolute Gasteiger partial charge is 0.480 e. The second-order valence-corrected chi connectivity index (χ2v) is 6.84. The van der Waals surface area contributed by atoms with Crippen LogP contribution in [0.25, 0.3) is 0 Å². The Morgan fingerprint density at radius 3 is 2.43 bits per heavy atom. The molecule has 0 spiro atoms. The van der Waals surface area contributed by atoms with E-state index in [1.165, 1.54) is 4.90 Å². The molecule has 1 saturated carbocycles. The summed E-state index contributed by atoms with van der Waals surface area (Å²) in [4.78, 5) is 41.0. The Morgan fingerprint density at radius 2 is 1.87 bits per heavy atom. The minimum absolute atomic E-state index is 0.0399. The lowest BCUT2D eigenvalue weighted by Crippen LogP contribution is -2.44. The Kier molecular flexibility index (Phi) is 5.98. The van der Waals surface area contributed by atoms with E-state index in [4.69, 9.17) is 5.11 Å². The Labute approximate surface area is 137 Å². The van der Waals surface area contributed by atoms with Crippen LogP contribution in [-0.4, -0.2) is 83.9 Å². The first kappa shape index (κ1) is 17.7. The molecule has 1 unspecified atom stereocenters. The van der Waals surface area contributed by atoms with E-state index in [0.29, 0.717) is 19.6 Å². The number of likely N-dealkylation sites (tertiary alicyclic amines) is 1. The van der Waals surface area contributed by atoms with Crippen molar-refractivity contribution in [3.63, 3.8) is 0 Å². The highest BCUT2D eigenvalue weighted by atomic mass is 16.4. The zero-order chi connectivity index (χ0) is 17.0. The Hall–Kier alpha value is -1.63. The van der Waals surface area contributed by atoms with Crippen LogP contribution in [-0.2, 0) is 14.4 Å². The first-order valence-corrected chi connectivity index (χ1v) is 8.33. The monoisotopic (exact) mass is 325 g/mol. The number of amides is 2. The summed E-state index contributed by atoms with van der Waals surface area (Å²) < 4.78 is 0. The molecule has 2 amide bonds. The summed E-state index contributed by atoms with van der Waals surface area (Å²) in [6.07, 6.45) is 4.54. The van der Waals surface area contributed by atoms with Gasteiger partial charge in [-0.15, -0.1) is 0 Å². The summed E-state index contributed by atoms with van der Waals surface area (Å²) in [5.74, 6) is -1.58. The normalized spacial score (nSPS) is 22.1. The van der Waals surface area contributed by atoms with Crippen LogP contribution < -0.4 is 0 Å². The molecule has 7 heteroatoms. The minimum Gasteiger partial charge on any atom is -0.480 e. The van der Waals surface area contributed by atoms with Crippen molar-refractivity contribution in [1.82, 2.24) is 14.7 Å². The van der Waals surface area contributed by atoms with Gasteiger partial charge in [0.25, 0.3) is 0 Å². The molecule has 0 aromatic carbocycles. The molecule has 1 aliphatic heterocycles. The third kappa shape index (κ3) is 4.67. The van der Waals surface area contributed by atoms with Crippen molar-refractivity contribution in [2.75, 3.05) is 40.3 Å². The highest BCUT2D eigenvalue weighted by Gasteiger charge is 2.40. The average Bonchev–Trinajstić information content (AvgIpc) is 3.11. The number of hydrogen-bond acceptors (Lipinski definition) is 4. The molecule has 1 saturated heterocycles. The molecule has 1 atom stereocenters. The molecule has 1 aliphatic carbocycles. The van der Waals surface area contributed by atoms with Gasteiger partial charge in [0.05, 0.1) is 5.92 Å². The number of aliphatic carboxylic acids is 1. The first-order chi connectivity index (χ1) is 10.9. The standard InChI is InChI=1S/C16H27N3O4/c1-17(2)7-8-18(11-15(21)22)16(23)12-9-14(20)19(10-12)13-5-3-4-6-13/h12-13H,3-11H2,1-2H3,(H,21,22). The van der Waals surface area contributed by atoms with Crippen molar-refractivity contribution in [3.05, 3.63) is 0 Å². The fourth-order valence-electron chi connectivity index (χ4n) is 3.48. The lowest BCUT2D eigenvalue weighted by Gasteiger charge is -2.27. The summed E-state index contributed by atoms with van der Waals surface area (Å²) >= 11 is 0. The zero-order valence-corrected chi connectivity index (χ0v) is 14.0. The third-order valence-corrected chi connectivity index (χ3v) is 4.73. The topological polar surface area (TPSA) is 81.2 Å². The van der Waals surface area contributed by atoms with E-state index in [2.05, 4.69) is 0 Å². The lowest BCUT2D eigenvalue weighted by atomic mass is 10.1. The van der Waals surface area contributed by atoms with Gasteiger partial charge < -0.3 is 19.8 Å². The Bertz CT molecular complexity index is 460. The smallest absolute Gasteiger partial charge is 0.323 e. The van der Waals surface area contributed by atoms with Crippen molar-refractivity contribution in [2.45, 2.75) is 38.1 Å². The first-order valence-electron chi connectivity index (χ1n) is 8.33. The molecule has 0 aromatic heterocycles. The van der Waals surface area contributed by atoms with Gasteiger partial charge in [0.15, 0.2) is 0 Å². The van der Waals surface area contributed by atoms with Crippen molar-refractivity contribution < 1.29 is 19.5 Å². The molecular formula is C16H27N3O4. The van der Waals surface area contributed by atoms with Crippen molar-refractivity contribution in [2.24, 2.45) is 5.92 Å². The van der Waals surface area contributed by atoms with Crippen molar-refractivity contribution in [3.8, 4) is 0 Å². The summed E-state index contributed by atoms with van der Waals surface area (Å²) in [6.45, 7) is 1.11. The maximum Gasteiger partial charge on any atom is 0.323 e. The van der Waals surface area contributed by atoms with E-state index >= 15 is 0 Å². The second kappa shape index (κ2) is 7.77. The third-order valence-electron chi connectivity index (χ3n) is 4.73. The average molecular weight is 325 g/mol. The van der Waals surface area contributed by atoms with E-state index in [9.17, 15) is 14.4 Å². The quantitative estimate of drug-likeness (QED) is 0.726. The number of carbonyl (C=O) groups excluding carboxylic acids is 2. The van der Waals surface area contributed by atoms with Crippen molar-refractivity contribution >= 4 is 17.8 Å². The van der Waals surface area contributed by atoms with Crippen molar-refractivity contribution in [1.29, 1.82) is 0 Å². The van der Waals surface area contributed by atoms with Crippen LogP contribution in [0, 0.1) is 5.92 Å². The van der Waals surface area contributed by atoms with E-state index in [1.54, 1.807) is 0 Å². The fraction of sp³-hybridized carbons (Fsp3) is 0.812. The Morgan fingerprint density at radius 1 is 1.22 bits per heavy atom. The number of carboxylic acid groups (broad SMARTS) is 1. The van der Waals surface area contributed by atoms with E-state index in [0.717, 1.165) is 25.7 Å². The maximum atomic E-state index is 12.7. The molecule has 7 nitrogen and oxygen atoms in total. The van der Waals surface area contributed by atoms with Gasteiger partial charge in [0, 0.05) is 32.1 Å². The highest BCUT2D eigenvalue weighted by molar-refractivity contribution is 5.90. The SMILES string of the molecule is CN(C)CCN(CC(=O)O)C(=O)C1CC(=O)N(C2CCCC2)C1. The van der Waals surface area contributed by atoms with Gasteiger partial charge in [0.2, 0.25) is 11.8 Å². The number of nitrogens with zero attached hydrogens (tertiary/aromatic N) is 3. The summed E-state index contributed by atoms with van der Waals surface area (Å²) in [5.41, 5.74) is 0. The summed E-state index contributed by atoms with van der Waals surface area (Å²) in [5, 5.41) is 9.03. The van der Waals surface area contributed by atoms with Gasteiger partial charge in [-0.3, -0.25) is 14.4 Å². The predicted molar refractivity (Wildman–Crippen MR) is 84.8 cm³/mol. The molecule has 23 heavy (non-hydrogen) atoms. The molecule has 130 valence electrons. The van der Waals surface area contributed by atoms with Gasteiger partial charge >= 0.3 is 5.97 Å². The van der Waals surface area contributed by atoms with E-state index < -0.39 is 11.9 Å². The number of likely N-dealkylation sites (N-methyl/N-ethyl adjacent to an activating group) is 1. The molecule has 0 aromatic rings. The van der Waals surface area contributed by atoms with Crippen LogP contribution in [0.2, 0.25) is 0 Å². The maximum absolute atomic E-state index is 12.7. The number of rotatable bonds is 7. The number of carboxylic acids is 1. The summed E-state index contributed by atoms with van der Waals surface area (Å²) in [7, 11) is 3.76. The molecule has 2 rings (SSSR count). The molecule has 0 bridgehead atoms. The van der Waals surface area contributed by atoms with Crippen LogP contribution >= 0.6 is 0 Å². The minimum atomic E-state index is -1.02. The fourth-order valence-corrected chi connectivity index (χ4v) is 3.48. The van der Waals surface area contributed by atoms with E-state index in [-0.39, 0.29) is 30.8 Å². The number of hydrogen-bond donors (Lipinski definition) is 1. The van der Waals surface area contributed by atoms with Gasteiger partial charge in [0.1, 0.15) is 6.54 Å². The van der Waals surface area contributed by atoms with Gasteiger partial charge in [-0.2, -0.15) is 0 Å². The zero-order valence-electron chi connectivity index (χ0n) is 14.0. The second-order valence-electron chi connectivity index (χ2n) is 6.84. The molecular weight excluding hydrogens is 298 g/mol. The molecule has 2 fully saturated rings. The molecule has 1 N–H and O–H groups in total. The Balaban J connectivity index is 1.98. The van der Waals surface area contributed by atoms with Crippen LogP contribution in [0.5, 0.6) is 0 Å². The summed E-state index contributed by atoms with van der Waals surface area (Å²) in [6, 6.07) is 0.273. The van der Waals surface area contributed by atoms with Crippen LogP contribution in [0.4, 0.5) is 0 Å². The molecule has 2 aliphatic rings.